The van der Waals surface area contributed by atoms with Gasteiger partial charge in [0.25, 0.3) is 5.91 Å². The first-order valence-electron chi connectivity index (χ1n) is 8.91. The fraction of sp³-hybridized carbons (Fsp3) is 0.474. The summed E-state index contributed by atoms with van der Waals surface area (Å²) >= 11 is 0. The van der Waals surface area contributed by atoms with Crippen LogP contribution >= 0.6 is 0 Å². The van der Waals surface area contributed by atoms with Crippen molar-refractivity contribution in [3.63, 3.8) is 0 Å². The molecule has 1 atom stereocenters. The van der Waals surface area contributed by atoms with Gasteiger partial charge < -0.3 is 14.8 Å². The predicted molar refractivity (Wildman–Crippen MR) is 94.2 cm³/mol. The number of rotatable bonds is 6. The molecule has 1 aromatic heterocycles. The van der Waals surface area contributed by atoms with Crippen molar-refractivity contribution in [3.8, 4) is 5.75 Å². The van der Waals surface area contributed by atoms with Gasteiger partial charge in [0.1, 0.15) is 12.4 Å². The van der Waals surface area contributed by atoms with Gasteiger partial charge >= 0.3 is 0 Å². The molecule has 0 radical (unpaired) electrons. The van der Waals surface area contributed by atoms with Crippen LogP contribution in [0.2, 0.25) is 0 Å². The van der Waals surface area contributed by atoms with E-state index in [2.05, 4.69) is 15.5 Å². The molecule has 0 spiro atoms. The highest BCUT2D eigenvalue weighted by molar-refractivity contribution is 6.03. The van der Waals surface area contributed by atoms with Crippen molar-refractivity contribution >= 4 is 11.6 Å². The maximum atomic E-state index is 12.5. The van der Waals surface area contributed by atoms with Gasteiger partial charge in [0.2, 0.25) is 0 Å². The number of anilines is 1. The Kier molecular flexibility index (Phi) is 4.44. The van der Waals surface area contributed by atoms with Crippen LogP contribution in [0.1, 0.15) is 53.3 Å². The normalized spacial score (nSPS) is 19.8. The van der Waals surface area contributed by atoms with E-state index in [1.54, 1.807) is 0 Å². The van der Waals surface area contributed by atoms with Crippen LogP contribution in [0.15, 0.2) is 24.3 Å². The third-order valence-corrected chi connectivity index (χ3v) is 4.68. The minimum Gasteiger partial charge on any atom is -0.489 e. The first kappa shape index (κ1) is 16.1. The van der Waals surface area contributed by atoms with Gasteiger partial charge in [0.15, 0.2) is 5.69 Å². The number of nitrogens with one attached hydrogen (secondary N) is 2. The number of carbonyl (C=O) groups is 1. The van der Waals surface area contributed by atoms with Gasteiger partial charge in [-0.25, -0.2) is 0 Å². The molecule has 1 aliphatic heterocycles. The van der Waals surface area contributed by atoms with E-state index < -0.39 is 0 Å². The molecule has 1 aromatic carbocycles. The molecular weight excluding hydrogens is 318 g/mol. The van der Waals surface area contributed by atoms with Gasteiger partial charge in [-0.15, -0.1) is 0 Å². The van der Waals surface area contributed by atoms with E-state index in [-0.39, 0.29) is 12.0 Å². The summed E-state index contributed by atoms with van der Waals surface area (Å²) in [6.45, 7) is 3.30. The summed E-state index contributed by atoms with van der Waals surface area (Å²) in [5, 5.41) is 10.0. The number of hydrogen-bond acceptors (Lipinski definition) is 4. The van der Waals surface area contributed by atoms with Crippen LogP contribution in [0.25, 0.3) is 0 Å². The van der Waals surface area contributed by atoms with E-state index in [1.807, 2.05) is 31.2 Å². The highest BCUT2D eigenvalue weighted by atomic mass is 16.5. The number of aromatic amines is 1. The van der Waals surface area contributed by atoms with E-state index in [1.165, 1.54) is 12.8 Å². The van der Waals surface area contributed by atoms with Crippen molar-refractivity contribution < 1.29 is 14.3 Å². The van der Waals surface area contributed by atoms with Crippen molar-refractivity contribution in [2.75, 3.05) is 18.5 Å². The van der Waals surface area contributed by atoms with Gasteiger partial charge in [-0.05, 0) is 56.4 Å². The van der Waals surface area contributed by atoms with Crippen LogP contribution in [0.4, 0.5) is 5.69 Å². The summed E-state index contributed by atoms with van der Waals surface area (Å²) in [5.41, 5.74) is 3.19. The number of amides is 1. The van der Waals surface area contributed by atoms with Crippen LogP contribution in [-0.2, 0) is 4.74 Å². The molecule has 1 aliphatic carbocycles. The SMILES string of the molecule is Cc1ccc(NC(=O)c2cc(C3CC3)[nH]n2)c(OCC2CCCO2)c1. The largest absolute Gasteiger partial charge is 0.489 e. The second kappa shape index (κ2) is 6.88. The molecule has 25 heavy (non-hydrogen) atoms. The molecule has 6 heteroatoms. The molecule has 0 bridgehead atoms. The lowest BCUT2D eigenvalue weighted by Crippen LogP contribution is -2.18. The van der Waals surface area contributed by atoms with E-state index >= 15 is 0 Å². The summed E-state index contributed by atoms with van der Waals surface area (Å²) in [6.07, 6.45) is 4.57. The molecule has 2 heterocycles. The molecule has 132 valence electrons. The maximum Gasteiger partial charge on any atom is 0.276 e. The standard InChI is InChI=1S/C19H23N3O3/c1-12-4-7-15(18(9-12)25-11-14-3-2-8-24-14)20-19(23)17-10-16(21-22-17)13-5-6-13/h4,7,9-10,13-14H,2-3,5-6,8,11H2,1H3,(H,20,23)(H,21,22). The molecule has 2 aromatic rings. The lowest BCUT2D eigenvalue weighted by molar-refractivity contribution is 0.0681. The Labute approximate surface area is 146 Å². The molecule has 1 unspecified atom stereocenters. The monoisotopic (exact) mass is 341 g/mol. The van der Waals surface area contributed by atoms with E-state index in [4.69, 9.17) is 9.47 Å². The third-order valence-electron chi connectivity index (χ3n) is 4.68. The van der Waals surface area contributed by atoms with Crippen molar-refractivity contribution in [2.45, 2.75) is 44.6 Å². The first-order chi connectivity index (χ1) is 12.2. The predicted octanol–water partition coefficient (Wildman–Crippen LogP) is 3.41. The van der Waals surface area contributed by atoms with E-state index in [0.29, 0.717) is 29.7 Å². The Morgan fingerprint density at radius 3 is 3.00 bits per heavy atom. The zero-order chi connectivity index (χ0) is 17.2. The number of carbonyl (C=O) groups excluding carboxylic acids is 1. The summed E-state index contributed by atoms with van der Waals surface area (Å²) in [7, 11) is 0. The Bertz CT molecular complexity index is 761. The number of ether oxygens (including phenoxy) is 2. The van der Waals surface area contributed by atoms with Crippen molar-refractivity contribution in [1.29, 1.82) is 0 Å². The summed E-state index contributed by atoms with van der Waals surface area (Å²) in [6, 6.07) is 7.60. The van der Waals surface area contributed by atoms with Crippen molar-refractivity contribution in [3.05, 3.63) is 41.2 Å². The van der Waals surface area contributed by atoms with Gasteiger partial charge in [0.05, 0.1) is 11.8 Å². The van der Waals surface area contributed by atoms with Crippen LogP contribution in [0.5, 0.6) is 5.75 Å². The molecule has 4 rings (SSSR count). The van der Waals surface area contributed by atoms with Gasteiger partial charge in [-0.2, -0.15) is 5.10 Å². The average Bonchev–Trinajstić information content (AvgIpc) is 3.12. The summed E-state index contributed by atoms with van der Waals surface area (Å²) < 4.78 is 11.5. The number of nitrogens with zero attached hydrogens (tertiary/aromatic N) is 1. The molecule has 2 N–H and O–H groups in total. The summed E-state index contributed by atoms with van der Waals surface area (Å²) in [4.78, 5) is 12.5. The number of hydrogen-bond donors (Lipinski definition) is 2. The van der Waals surface area contributed by atoms with Crippen molar-refractivity contribution in [2.24, 2.45) is 0 Å². The van der Waals surface area contributed by atoms with Gasteiger partial charge in [-0.1, -0.05) is 6.07 Å². The number of aromatic nitrogens is 2. The molecular formula is C19H23N3O3. The Balaban J connectivity index is 1.45. The van der Waals surface area contributed by atoms with E-state index in [0.717, 1.165) is 30.7 Å². The molecule has 1 saturated heterocycles. The topological polar surface area (TPSA) is 76.2 Å². The fourth-order valence-electron chi connectivity index (χ4n) is 3.05. The van der Waals surface area contributed by atoms with Crippen LogP contribution in [0, 0.1) is 6.92 Å². The third kappa shape index (κ3) is 3.85. The highest BCUT2D eigenvalue weighted by Crippen LogP contribution is 2.39. The lowest BCUT2D eigenvalue weighted by atomic mass is 10.2. The number of H-pyrrole nitrogens is 1. The Hall–Kier alpha value is -2.34. The maximum absolute atomic E-state index is 12.5. The van der Waals surface area contributed by atoms with Crippen LogP contribution in [-0.4, -0.2) is 35.4 Å². The quantitative estimate of drug-likeness (QED) is 0.844. The summed E-state index contributed by atoms with van der Waals surface area (Å²) in [5.74, 6) is 0.981. The fourth-order valence-corrected chi connectivity index (χ4v) is 3.05. The molecule has 1 amide bonds. The molecule has 2 fully saturated rings. The number of aryl methyl sites for hydroxylation is 1. The second-order valence-electron chi connectivity index (χ2n) is 6.88. The zero-order valence-electron chi connectivity index (χ0n) is 14.4. The van der Waals surface area contributed by atoms with E-state index in [9.17, 15) is 4.79 Å². The number of benzene rings is 1. The van der Waals surface area contributed by atoms with Gasteiger partial charge in [0, 0.05) is 18.2 Å². The Morgan fingerprint density at radius 1 is 1.36 bits per heavy atom. The smallest absolute Gasteiger partial charge is 0.276 e. The second-order valence-corrected chi connectivity index (χ2v) is 6.88. The van der Waals surface area contributed by atoms with Crippen molar-refractivity contribution in [1.82, 2.24) is 10.2 Å². The van der Waals surface area contributed by atoms with Crippen LogP contribution < -0.4 is 10.1 Å². The highest BCUT2D eigenvalue weighted by Gasteiger charge is 2.26. The Morgan fingerprint density at radius 2 is 2.24 bits per heavy atom. The zero-order valence-corrected chi connectivity index (χ0v) is 14.4. The minimum absolute atomic E-state index is 0.136. The average molecular weight is 341 g/mol. The lowest BCUT2D eigenvalue weighted by Gasteiger charge is -2.15. The molecule has 2 aliphatic rings. The molecule has 6 nitrogen and oxygen atoms in total. The van der Waals surface area contributed by atoms with Gasteiger partial charge in [-0.3, -0.25) is 9.89 Å². The first-order valence-corrected chi connectivity index (χ1v) is 8.91. The molecule has 1 saturated carbocycles. The minimum atomic E-state index is -0.228. The van der Waals surface area contributed by atoms with Crippen LogP contribution in [0.3, 0.4) is 0 Å².